The topological polar surface area (TPSA) is 69.6 Å². The maximum atomic E-state index is 12.8. The van der Waals surface area contributed by atoms with E-state index in [1.54, 1.807) is 0 Å². The Morgan fingerprint density at radius 1 is 0.946 bits per heavy atom. The zero-order chi connectivity index (χ0) is 26.5. The summed E-state index contributed by atoms with van der Waals surface area (Å²) >= 11 is 0. The van der Waals surface area contributed by atoms with E-state index in [0.717, 1.165) is 37.8 Å². The first-order valence-corrected chi connectivity index (χ1v) is 15.3. The Labute approximate surface area is 225 Å². The van der Waals surface area contributed by atoms with Gasteiger partial charge in [0.15, 0.2) is 0 Å². The van der Waals surface area contributed by atoms with Crippen LogP contribution in [0.15, 0.2) is 24.3 Å². The first kappa shape index (κ1) is 27.2. The molecule has 0 heterocycles. The molecular weight excluding hydrogens is 458 g/mol. The molecule has 37 heavy (non-hydrogen) atoms. The fourth-order valence-electron chi connectivity index (χ4n) is 9.91. The predicted molar refractivity (Wildman–Crippen MR) is 150 cm³/mol. The molecule has 4 nitrogen and oxygen atoms in total. The number of aliphatic hydroxyl groups excluding tert-OH is 2. The van der Waals surface area contributed by atoms with Gasteiger partial charge in [0.05, 0.1) is 12.2 Å². The Bertz CT molecular complexity index is 959. The number of benzene rings is 1. The van der Waals surface area contributed by atoms with Crippen LogP contribution in [0, 0.1) is 46.3 Å². The Morgan fingerprint density at radius 2 is 1.62 bits per heavy atom. The van der Waals surface area contributed by atoms with Crippen molar-refractivity contribution in [3.63, 3.8) is 0 Å². The second kappa shape index (κ2) is 10.3. The molecule has 1 aromatic carbocycles. The summed E-state index contributed by atoms with van der Waals surface area (Å²) in [5.41, 5.74) is 2.72. The summed E-state index contributed by atoms with van der Waals surface area (Å²) in [6.45, 7) is 11.7. The molecule has 10 atom stereocenters. The Balaban J connectivity index is 1.21. The normalized spacial score (nSPS) is 42.0. The predicted octanol–water partition coefficient (Wildman–Crippen LogP) is 7.16. The lowest BCUT2D eigenvalue weighted by Gasteiger charge is -2.62. The number of nitrogens with one attached hydrogen (secondary N) is 1. The molecule has 5 rings (SSSR count). The number of aliphatic hydroxyl groups is 2. The van der Waals surface area contributed by atoms with Crippen molar-refractivity contribution >= 4 is 11.6 Å². The van der Waals surface area contributed by atoms with E-state index >= 15 is 0 Å². The van der Waals surface area contributed by atoms with Gasteiger partial charge < -0.3 is 15.5 Å². The number of rotatable bonds is 6. The summed E-state index contributed by atoms with van der Waals surface area (Å²) in [5.74, 6) is 3.80. The van der Waals surface area contributed by atoms with Crippen LogP contribution in [0.2, 0.25) is 0 Å². The lowest BCUT2D eigenvalue weighted by atomic mass is 9.43. The van der Waals surface area contributed by atoms with Crippen molar-refractivity contribution < 1.29 is 15.0 Å². The number of carbonyl (C=O) groups is 1. The van der Waals surface area contributed by atoms with E-state index in [9.17, 15) is 15.0 Å². The fraction of sp³-hybridized carbons (Fsp3) is 0.788. The van der Waals surface area contributed by atoms with Crippen LogP contribution in [0.4, 0.5) is 5.69 Å². The van der Waals surface area contributed by atoms with Gasteiger partial charge in [0, 0.05) is 12.1 Å². The van der Waals surface area contributed by atoms with Gasteiger partial charge in [-0.1, -0.05) is 46.8 Å². The highest BCUT2D eigenvalue weighted by molar-refractivity contribution is 5.90. The van der Waals surface area contributed by atoms with E-state index < -0.39 is 0 Å². The minimum Gasteiger partial charge on any atom is -0.393 e. The molecule has 0 unspecified atom stereocenters. The maximum Gasteiger partial charge on any atom is 0.224 e. The minimum atomic E-state index is -0.222. The lowest BCUT2D eigenvalue weighted by molar-refractivity contribution is -0.174. The molecule has 0 bridgehead atoms. The van der Waals surface area contributed by atoms with E-state index in [-0.39, 0.29) is 28.9 Å². The summed E-state index contributed by atoms with van der Waals surface area (Å²) in [4.78, 5) is 12.8. The van der Waals surface area contributed by atoms with Gasteiger partial charge in [-0.05, 0) is 128 Å². The van der Waals surface area contributed by atoms with Crippen LogP contribution in [0.3, 0.4) is 0 Å². The molecule has 1 amide bonds. The third-order valence-corrected chi connectivity index (χ3v) is 12.1. The van der Waals surface area contributed by atoms with Crippen molar-refractivity contribution in [2.24, 2.45) is 46.3 Å². The van der Waals surface area contributed by atoms with Crippen LogP contribution in [0.1, 0.15) is 110 Å². The van der Waals surface area contributed by atoms with Crippen LogP contribution in [-0.4, -0.2) is 28.3 Å². The summed E-state index contributed by atoms with van der Waals surface area (Å²) in [5, 5.41) is 24.9. The number of carbonyl (C=O) groups excluding carboxylic acids is 1. The Kier molecular flexibility index (Phi) is 7.57. The van der Waals surface area contributed by atoms with E-state index in [1.807, 2.05) is 12.1 Å². The van der Waals surface area contributed by atoms with E-state index in [1.165, 1.54) is 31.2 Å². The zero-order valence-corrected chi connectivity index (χ0v) is 23.9. The molecule has 3 N–H and O–H groups in total. The molecule has 4 heteroatoms. The first-order chi connectivity index (χ1) is 17.5. The zero-order valence-electron chi connectivity index (χ0n) is 23.9. The molecule has 0 aromatic heterocycles. The Hall–Kier alpha value is -1.39. The summed E-state index contributed by atoms with van der Waals surface area (Å²) in [6.07, 6.45) is 9.82. The first-order valence-electron chi connectivity index (χ1n) is 15.3. The third kappa shape index (κ3) is 4.91. The molecule has 4 saturated carbocycles. The van der Waals surface area contributed by atoms with Crippen molar-refractivity contribution in [3.05, 3.63) is 29.8 Å². The molecule has 4 aliphatic carbocycles. The quantitative estimate of drug-likeness (QED) is 0.381. The molecule has 0 spiro atoms. The second-order valence-corrected chi connectivity index (χ2v) is 14.3. The van der Waals surface area contributed by atoms with Crippen LogP contribution in [-0.2, 0) is 4.79 Å². The summed E-state index contributed by atoms with van der Waals surface area (Å²) < 4.78 is 0. The number of fused-ring (bicyclic) bond motifs is 5. The average Bonchev–Trinajstić information content (AvgIpc) is 3.21. The summed E-state index contributed by atoms with van der Waals surface area (Å²) in [6, 6.07) is 8.25. The largest absolute Gasteiger partial charge is 0.393 e. The van der Waals surface area contributed by atoms with Crippen LogP contribution >= 0.6 is 0 Å². The molecular formula is C33H51NO3. The van der Waals surface area contributed by atoms with Gasteiger partial charge in [-0.2, -0.15) is 0 Å². The van der Waals surface area contributed by atoms with Crippen LogP contribution in [0.5, 0.6) is 0 Å². The van der Waals surface area contributed by atoms with E-state index in [4.69, 9.17) is 0 Å². The average molecular weight is 510 g/mol. The van der Waals surface area contributed by atoms with Crippen molar-refractivity contribution in [2.45, 2.75) is 117 Å². The van der Waals surface area contributed by atoms with Crippen molar-refractivity contribution in [1.82, 2.24) is 0 Å². The highest BCUT2D eigenvalue weighted by atomic mass is 16.3. The Morgan fingerprint density at radius 3 is 2.32 bits per heavy atom. The molecule has 1 aromatic rings. The van der Waals surface area contributed by atoms with E-state index in [0.29, 0.717) is 47.8 Å². The standard InChI is InChI=1S/C33H51NO3/c1-20(2)22-7-9-24(10-8-22)34-30(37)13-6-21(3)26-11-12-27-31-28(15-17-33(26,27)5)32(4)16-14-25(35)18-23(32)19-29(31)36/h7-10,20-21,23,25-29,31,35-36H,6,11-19H2,1-5H3,(H,34,37)/t21-,23+,25-,26-,27+,28+,29+,31+,32+,33-/m1/s1. The summed E-state index contributed by atoms with van der Waals surface area (Å²) in [7, 11) is 0. The van der Waals surface area contributed by atoms with Gasteiger partial charge in [0.1, 0.15) is 0 Å². The van der Waals surface area contributed by atoms with Gasteiger partial charge in [0.2, 0.25) is 5.91 Å². The maximum absolute atomic E-state index is 12.8. The van der Waals surface area contributed by atoms with Crippen molar-refractivity contribution in [1.29, 1.82) is 0 Å². The fourth-order valence-corrected chi connectivity index (χ4v) is 9.91. The second-order valence-electron chi connectivity index (χ2n) is 14.3. The number of hydrogen-bond acceptors (Lipinski definition) is 3. The van der Waals surface area contributed by atoms with Crippen LogP contribution in [0.25, 0.3) is 0 Å². The number of amides is 1. The number of hydrogen-bond donors (Lipinski definition) is 3. The van der Waals surface area contributed by atoms with Gasteiger partial charge in [0.25, 0.3) is 0 Å². The van der Waals surface area contributed by atoms with Gasteiger partial charge >= 0.3 is 0 Å². The third-order valence-electron chi connectivity index (χ3n) is 12.1. The molecule has 206 valence electrons. The smallest absolute Gasteiger partial charge is 0.224 e. The van der Waals surface area contributed by atoms with Gasteiger partial charge in [-0.15, -0.1) is 0 Å². The monoisotopic (exact) mass is 509 g/mol. The van der Waals surface area contributed by atoms with Crippen LogP contribution < -0.4 is 5.32 Å². The van der Waals surface area contributed by atoms with Gasteiger partial charge in [-0.25, -0.2) is 0 Å². The van der Waals surface area contributed by atoms with Gasteiger partial charge in [-0.3, -0.25) is 4.79 Å². The minimum absolute atomic E-state index is 0.119. The van der Waals surface area contributed by atoms with Crippen molar-refractivity contribution in [3.8, 4) is 0 Å². The number of anilines is 1. The molecule has 0 saturated heterocycles. The van der Waals surface area contributed by atoms with Crippen molar-refractivity contribution in [2.75, 3.05) is 5.32 Å². The highest BCUT2D eigenvalue weighted by Crippen LogP contribution is 2.68. The molecule has 0 radical (unpaired) electrons. The SMILES string of the molecule is CC(C)c1ccc(NC(=O)CC[C@@H](C)[C@H]2CC[C@H]3[C@@H]4[C@@H](O)C[C@@H]5C[C@H](O)CC[C@]5(C)[C@H]4CC[C@]23C)cc1. The molecule has 4 fully saturated rings. The lowest BCUT2D eigenvalue weighted by Crippen LogP contribution is -2.58. The van der Waals surface area contributed by atoms with E-state index in [2.05, 4.69) is 52.1 Å². The molecule has 0 aliphatic heterocycles. The highest BCUT2D eigenvalue weighted by Gasteiger charge is 2.62. The molecule has 4 aliphatic rings.